The zero-order valence-corrected chi connectivity index (χ0v) is 12.9. The minimum Gasteiger partial charge on any atom is -0.369 e. The van der Waals surface area contributed by atoms with Gasteiger partial charge < -0.3 is 9.47 Å². The van der Waals surface area contributed by atoms with Gasteiger partial charge in [-0.2, -0.15) is 0 Å². The second-order valence-electron chi connectivity index (χ2n) is 6.31. The van der Waals surface area contributed by atoms with Crippen molar-refractivity contribution in [2.45, 2.75) is 51.2 Å². The van der Waals surface area contributed by atoms with Gasteiger partial charge in [0.1, 0.15) is 50.1 Å². The molecule has 6 heteroatoms. The summed E-state index contributed by atoms with van der Waals surface area (Å²) in [6.45, 7) is 5.97. The lowest BCUT2D eigenvalue weighted by Gasteiger charge is -1.97. The van der Waals surface area contributed by atoms with Crippen LogP contribution in [0.1, 0.15) is 12.8 Å². The van der Waals surface area contributed by atoms with Crippen molar-refractivity contribution in [3.63, 3.8) is 0 Å². The number of aryl methyl sites for hydroxylation is 2. The molecule has 118 valence electrons. The molecule has 0 aliphatic carbocycles. The van der Waals surface area contributed by atoms with Gasteiger partial charge in [0.2, 0.25) is 12.7 Å². The molecule has 2 aliphatic rings. The van der Waals surface area contributed by atoms with Crippen molar-refractivity contribution >= 4 is 0 Å². The number of hydrogen-bond donors (Lipinski definition) is 0. The van der Waals surface area contributed by atoms with Crippen molar-refractivity contribution in [1.29, 1.82) is 0 Å². The smallest absolute Gasteiger partial charge is 0.243 e. The van der Waals surface area contributed by atoms with Gasteiger partial charge in [-0.1, -0.05) is 0 Å². The van der Waals surface area contributed by atoms with Gasteiger partial charge in [0.15, 0.2) is 0 Å². The lowest BCUT2D eigenvalue weighted by molar-refractivity contribution is -0.697. The van der Waals surface area contributed by atoms with Crippen molar-refractivity contribution < 1.29 is 18.6 Å². The number of imidazole rings is 2. The number of hydrogen-bond acceptors (Lipinski definition) is 2. The first-order valence-corrected chi connectivity index (χ1v) is 8.18. The molecule has 4 heterocycles. The van der Waals surface area contributed by atoms with Crippen LogP contribution in [-0.4, -0.2) is 34.6 Å². The van der Waals surface area contributed by atoms with Crippen LogP contribution >= 0.6 is 0 Å². The van der Waals surface area contributed by atoms with Gasteiger partial charge in [-0.25, -0.2) is 18.3 Å². The van der Waals surface area contributed by atoms with E-state index in [1.807, 2.05) is 0 Å². The first-order chi connectivity index (χ1) is 10.8. The quantitative estimate of drug-likeness (QED) is 0.376. The molecule has 0 amide bonds. The van der Waals surface area contributed by atoms with E-state index < -0.39 is 0 Å². The maximum atomic E-state index is 5.26. The van der Waals surface area contributed by atoms with Gasteiger partial charge in [0.25, 0.3) is 0 Å². The number of ether oxygens (including phenoxy) is 2. The van der Waals surface area contributed by atoms with Gasteiger partial charge in [-0.15, -0.1) is 0 Å². The van der Waals surface area contributed by atoms with Crippen LogP contribution in [0.3, 0.4) is 0 Å². The van der Waals surface area contributed by atoms with Crippen LogP contribution in [0.5, 0.6) is 0 Å². The SMILES string of the molecule is c1c[n+](CC2CO2)cn1CCCCn1cc[n+](CC2CO2)c1. The molecule has 0 N–H and O–H groups in total. The third-order valence-corrected chi connectivity index (χ3v) is 4.21. The van der Waals surface area contributed by atoms with Crippen LogP contribution in [0.25, 0.3) is 0 Å². The number of unbranched alkanes of at least 4 members (excludes halogenated alkanes) is 1. The summed E-state index contributed by atoms with van der Waals surface area (Å²) in [5.74, 6) is 0. The van der Waals surface area contributed by atoms with E-state index in [-0.39, 0.29) is 0 Å². The second kappa shape index (κ2) is 6.22. The molecule has 0 bridgehead atoms. The van der Waals surface area contributed by atoms with Crippen molar-refractivity contribution in [3.05, 3.63) is 37.4 Å². The summed E-state index contributed by atoms with van der Waals surface area (Å²) in [6, 6.07) is 0. The summed E-state index contributed by atoms with van der Waals surface area (Å²) in [4.78, 5) is 0. The van der Waals surface area contributed by atoms with E-state index in [0.29, 0.717) is 12.2 Å². The van der Waals surface area contributed by atoms with E-state index >= 15 is 0 Å². The van der Waals surface area contributed by atoms with Gasteiger partial charge in [0.05, 0.1) is 26.3 Å². The first kappa shape index (κ1) is 14.0. The summed E-state index contributed by atoms with van der Waals surface area (Å²) >= 11 is 0. The Balaban J connectivity index is 1.16. The number of epoxide rings is 2. The molecule has 4 rings (SSSR count). The highest BCUT2D eigenvalue weighted by atomic mass is 16.6. The third kappa shape index (κ3) is 3.96. The van der Waals surface area contributed by atoms with Gasteiger partial charge in [-0.3, -0.25) is 0 Å². The molecular formula is C16H24N4O2+2. The Labute approximate surface area is 130 Å². The molecular weight excluding hydrogens is 280 g/mol. The predicted octanol–water partition coefficient (Wildman–Crippen LogP) is 0.143. The fraction of sp³-hybridized carbons (Fsp3) is 0.625. The van der Waals surface area contributed by atoms with Crippen LogP contribution in [0.2, 0.25) is 0 Å². The molecule has 2 aromatic rings. The highest BCUT2D eigenvalue weighted by Crippen LogP contribution is 2.08. The largest absolute Gasteiger partial charge is 0.369 e. The third-order valence-electron chi connectivity index (χ3n) is 4.21. The summed E-state index contributed by atoms with van der Waals surface area (Å²) < 4.78 is 19.5. The normalized spacial score (nSPS) is 22.9. The highest BCUT2D eigenvalue weighted by molar-refractivity contribution is 4.71. The topological polar surface area (TPSA) is 42.7 Å². The molecule has 0 spiro atoms. The van der Waals surface area contributed by atoms with Gasteiger partial charge in [0, 0.05) is 0 Å². The summed E-state index contributed by atoms with van der Waals surface area (Å²) in [5, 5.41) is 0. The molecule has 6 nitrogen and oxygen atoms in total. The van der Waals surface area contributed by atoms with Crippen molar-refractivity contribution in [3.8, 4) is 0 Å². The van der Waals surface area contributed by atoms with E-state index in [4.69, 9.17) is 9.47 Å². The predicted molar refractivity (Wildman–Crippen MR) is 78.0 cm³/mol. The number of rotatable bonds is 9. The standard InChI is InChI=1S/C16H24N4O2/c1(3-17-5-7-19(13-17)9-15-11-21-15)2-4-18-6-8-20(14-18)10-16-12-22-16/h5-8,13-16H,1-4,9-12H2/q+2. The van der Waals surface area contributed by atoms with Gasteiger partial charge in [-0.05, 0) is 12.8 Å². The second-order valence-corrected chi connectivity index (χ2v) is 6.31. The van der Waals surface area contributed by atoms with Crippen molar-refractivity contribution in [2.24, 2.45) is 0 Å². The maximum absolute atomic E-state index is 5.26. The van der Waals surface area contributed by atoms with Crippen LogP contribution in [-0.2, 0) is 35.7 Å². The van der Waals surface area contributed by atoms with E-state index in [0.717, 1.165) is 39.4 Å². The molecule has 2 saturated heterocycles. The average Bonchev–Trinajstić information content (AvgIpc) is 3.40. The minimum absolute atomic E-state index is 0.447. The zero-order valence-electron chi connectivity index (χ0n) is 12.9. The lowest BCUT2D eigenvalue weighted by Crippen LogP contribution is -2.34. The first-order valence-electron chi connectivity index (χ1n) is 8.18. The van der Waals surface area contributed by atoms with E-state index in [1.54, 1.807) is 0 Å². The molecule has 2 aromatic heterocycles. The van der Waals surface area contributed by atoms with Crippen LogP contribution in [0.15, 0.2) is 37.4 Å². The molecule has 0 aromatic carbocycles. The molecule has 0 saturated carbocycles. The van der Waals surface area contributed by atoms with Crippen molar-refractivity contribution in [2.75, 3.05) is 13.2 Å². The minimum atomic E-state index is 0.447. The molecule has 0 radical (unpaired) electrons. The van der Waals surface area contributed by atoms with E-state index in [1.165, 1.54) is 12.8 Å². The van der Waals surface area contributed by atoms with Crippen LogP contribution in [0, 0.1) is 0 Å². The Morgan fingerprint density at radius 2 is 1.27 bits per heavy atom. The van der Waals surface area contributed by atoms with E-state index in [9.17, 15) is 0 Å². The van der Waals surface area contributed by atoms with Crippen LogP contribution in [0.4, 0.5) is 0 Å². The number of aromatic nitrogens is 4. The molecule has 2 unspecified atom stereocenters. The summed E-state index contributed by atoms with van der Waals surface area (Å²) in [7, 11) is 0. The Morgan fingerprint density at radius 3 is 1.68 bits per heavy atom. The highest BCUT2D eigenvalue weighted by Gasteiger charge is 2.26. The summed E-state index contributed by atoms with van der Waals surface area (Å²) in [5.41, 5.74) is 0. The van der Waals surface area contributed by atoms with Crippen LogP contribution < -0.4 is 9.13 Å². The Hall–Kier alpha value is -1.66. The van der Waals surface area contributed by atoms with Gasteiger partial charge >= 0.3 is 0 Å². The Bertz CT molecular complexity index is 559. The lowest BCUT2D eigenvalue weighted by atomic mass is 10.3. The van der Waals surface area contributed by atoms with E-state index in [2.05, 4.69) is 55.7 Å². The molecule has 2 fully saturated rings. The summed E-state index contributed by atoms with van der Waals surface area (Å²) in [6.07, 6.45) is 16.2. The molecule has 2 aliphatic heterocycles. The molecule has 22 heavy (non-hydrogen) atoms. The zero-order chi connectivity index (χ0) is 14.8. The van der Waals surface area contributed by atoms with Crippen molar-refractivity contribution in [1.82, 2.24) is 9.13 Å². The number of nitrogens with zero attached hydrogens (tertiary/aromatic N) is 4. The maximum Gasteiger partial charge on any atom is 0.243 e. The monoisotopic (exact) mass is 304 g/mol. The fourth-order valence-electron chi connectivity index (χ4n) is 2.76. The molecule has 2 atom stereocenters. The fourth-order valence-corrected chi connectivity index (χ4v) is 2.76. The Morgan fingerprint density at radius 1 is 0.818 bits per heavy atom. The average molecular weight is 304 g/mol. The Kier molecular flexibility index (Phi) is 3.95.